The van der Waals surface area contributed by atoms with Crippen molar-refractivity contribution in [1.82, 2.24) is 10.3 Å². The highest BCUT2D eigenvalue weighted by Crippen LogP contribution is 2.05. The van der Waals surface area contributed by atoms with Crippen LogP contribution in [0.4, 0.5) is 0 Å². The van der Waals surface area contributed by atoms with E-state index in [0.717, 1.165) is 5.56 Å². The number of hydrogen-bond acceptors (Lipinski definition) is 4. The molecule has 4 nitrogen and oxygen atoms in total. The highest BCUT2D eigenvalue weighted by Gasteiger charge is 2.14. The molecule has 1 unspecified atom stereocenters. The molecule has 0 aliphatic rings. The summed E-state index contributed by atoms with van der Waals surface area (Å²) in [7, 11) is 0. The molecule has 1 atom stereocenters. The summed E-state index contributed by atoms with van der Waals surface area (Å²) in [6.07, 6.45) is 0.604. The zero-order chi connectivity index (χ0) is 12.8. The Morgan fingerprint density at radius 3 is 2.78 bits per heavy atom. The van der Waals surface area contributed by atoms with Crippen LogP contribution < -0.4 is 5.32 Å². The molecule has 1 aromatic heterocycles. The fraction of sp³-hybridized carbons (Fsp3) is 0.231. The number of benzene rings is 1. The van der Waals surface area contributed by atoms with Crippen molar-refractivity contribution in [3.8, 4) is 0 Å². The number of aliphatic hydroxyl groups excluding tert-OH is 1. The molecule has 2 rings (SSSR count). The fourth-order valence-electron chi connectivity index (χ4n) is 1.64. The van der Waals surface area contributed by atoms with Crippen molar-refractivity contribution in [2.24, 2.45) is 0 Å². The topological polar surface area (TPSA) is 62.2 Å². The Kier molecular flexibility index (Phi) is 4.44. The molecule has 1 amide bonds. The first kappa shape index (κ1) is 12.7. The summed E-state index contributed by atoms with van der Waals surface area (Å²) in [6, 6.07) is 9.46. The van der Waals surface area contributed by atoms with Gasteiger partial charge in [-0.05, 0) is 12.0 Å². The molecule has 0 saturated carbocycles. The van der Waals surface area contributed by atoms with Gasteiger partial charge in [0.2, 0.25) is 0 Å². The van der Waals surface area contributed by atoms with Gasteiger partial charge in [0.15, 0.2) is 0 Å². The number of aliphatic hydroxyl groups is 1. The van der Waals surface area contributed by atoms with Gasteiger partial charge in [0.1, 0.15) is 5.69 Å². The second kappa shape index (κ2) is 6.28. The van der Waals surface area contributed by atoms with Crippen LogP contribution in [0.5, 0.6) is 0 Å². The Bertz CT molecular complexity index is 485. The van der Waals surface area contributed by atoms with Crippen LogP contribution in [0.3, 0.4) is 0 Å². The maximum absolute atomic E-state index is 11.8. The first-order chi connectivity index (χ1) is 8.79. The summed E-state index contributed by atoms with van der Waals surface area (Å²) in [6.45, 7) is -0.0925. The van der Waals surface area contributed by atoms with Crippen molar-refractivity contribution in [2.75, 3.05) is 6.61 Å². The van der Waals surface area contributed by atoms with Gasteiger partial charge in [-0.3, -0.25) is 4.79 Å². The summed E-state index contributed by atoms with van der Waals surface area (Å²) in [4.78, 5) is 15.7. The molecule has 0 aliphatic carbocycles. The summed E-state index contributed by atoms with van der Waals surface area (Å²) in [5, 5.41) is 13.8. The highest BCUT2D eigenvalue weighted by molar-refractivity contribution is 7.07. The minimum absolute atomic E-state index is 0.0925. The first-order valence-electron chi connectivity index (χ1n) is 5.63. The Morgan fingerprint density at radius 1 is 1.39 bits per heavy atom. The molecule has 2 aromatic rings. The monoisotopic (exact) mass is 262 g/mol. The Hall–Kier alpha value is -1.72. The van der Waals surface area contributed by atoms with E-state index in [0.29, 0.717) is 12.1 Å². The van der Waals surface area contributed by atoms with Crippen LogP contribution in [-0.2, 0) is 6.42 Å². The second-order valence-electron chi connectivity index (χ2n) is 3.92. The van der Waals surface area contributed by atoms with Crippen LogP contribution in [0.1, 0.15) is 16.1 Å². The van der Waals surface area contributed by atoms with Crippen molar-refractivity contribution in [1.29, 1.82) is 0 Å². The van der Waals surface area contributed by atoms with E-state index in [1.807, 2.05) is 30.3 Å². The molecule has 0 bridgehead atoms. The van der Waals surface area contributed by atoms with E-state index < -0.39 is 0 Å². The number of rotatable bonds is 5. The van der Waals surface area contributed by atoms with E-state index in [2.05, 4.69) is 10.3 Å². The van der Waals surface area contributed by atoms with Gasteiger partial charge in [-0.25, -0.2) is 4.98 Å². The normalized spacial score (nSPS) is 12.1. The maximum Gasteiger partial charge on any atom is 0.271 e. The van der Waals surface area contributed by atoms with Crippen molar-refractivity contribution < 1.29 is 9.90 Å². The number of carbonyl (C=O) groups is 1. The molecule has 2 N–H and O–H groups in total. The Labute approximate surface area is 109 Å². The first-order valence-corrected chi connectivity index (χ1v) is 6.57. The van der Waals surface area contributed by atoms with Gasteiger partial charge in [-0.15, -0.1) is 11.3 Å². The van der Waals surface area contributed by atoms with Crippen molar-refractivity contribution >= 4 is 17.2 Å². The lowest BCUT2D eigenvalue weighted by molar-refractivity contribution is 0.0912. The number of nitrogens with zero attached hydrogens (tertiary/aromatic N) is 1. The van der Waals surface area contributed by atoms with Crippen molar-refractivity contribution in [3.63, 3.8) is 0 Å². The third-order valence-electron chi connectivity index (χ3n) is 2.55. The van der Waals surface area contributed by atoms with Gasteiger partial charge >= 0.3 is 0 Å². The molecule has 5 heteroatoms. The molecule has 0 aliphatic heterocycles. The van der Waals surface area contributed by atoms with Gasteiger partial charge in [0, 0.05) is 5.38 Å². The zero-order valence-electron chi connectivity index (χ0n) is 9.74. The van der Waals surface area contributed by atoms with Crippen LogP contribution in [0.2, 0.25) is 0 Å². The second-order valence-corrected chi connectivity index (χ2v) is 4.64. The predicted molar refractivity (Wildman–Crippen MR) is 70.6 cm³/mol. The summed E-state index contributed by atoms with van der Waals surface area (Å²) in [5.41, 5.74) is 3.08. The SMILES string of the molecule is O=C(NC(CO)Cc1ccccc1)c1cscn1. The minimum Gasteiger partial charge on any atom is -0.394 e. The third-order valence-corrected chi connectivity index (χ3v) is 3.13. The average molecular weight is 262 g/mol. The van der Waals surface area contributed by atoms with E-state index in [-0.39, 0.29) is 18.6 Å². The third kappa shape index (κ3) is 3.38. The van der Waals surface area contributed by atoms with Crippen LogP contribution in [0, 0.1) is 0 Å². The van der Waals surface area contributed by atoms with E-state index in [9.17, 15) is 9.90 Å². The van der Waals surface area contributed by atoms with Gasteiger partial charge in [0.25, 0.3) is 5.91 Å². The molecular weight excluding hydrogens is 248 g/mol. The number of aromatic nitrogens is 1. The van der Waals surface area contributed by atoms with E-state index in [1.54, 1.807) is 10.9 Å². The molecular formula is C13H14N2O2S. The summed E-state index contributed by atoms with van der Waals surface area (Å²) in [5.74, 6) is -0.244. The van der Waals surface area contributed by atoms with Gasteiger partial charge in [-0.2, -0.15) is 0 Å². The zero-order valence-corrected chi connectivity index (χ0v) is 10.6. The molecule has 0 spiro atoms. The average Bonchev–Trinajstić information content (AvgIpc) is 2.93. The molecule has 1 heterocycles. The number of thiazole rings is 1. The van der Waals surface area contributed by atoms with Crippen LogP contribution in [0.15, 0.2) is 41.2 Å². The molecule has 0 saturated heterocycles. The number of hydrogen-bond donors (Lipinski definition) is 2. The highest BCUT2D eigenvalue weighted by atomic mass is 32.1. The molecule has 0 radical (unpaired) electrons. The smallest absolute Gasteiger partial charge is 0.271 e. The lowest BCUT2D eigenvalue weighted by Crippen LogP contribution is -2.39. The van der Waals surface area contributed by atoms with Crippen molar-refractivity contribution in [3.05, 3.63) is 52.5 Å². The van der Waals surface area contributed by atoms with Crippen LogP contribution >= 0.6 is 11.3 Å². The molecule has 94 valence electrons. The summed E-state index contributed by atoms with van der Waals surface area (Å²) >= 11 is 1.37. The van der Waals surface area contributed by atoms with Crippen LogP contribution in [-0.4, -0.2) is 28.6 Å². The van der Waals surface area contributed by atoms with E-state index in [1.165, 1.54) is 11.3 Å². The van der Waals surface area contributed by atoms with Crippen LogP contribution in [0.25, 0.3) is 0 Å². The van der Waals surface area contributed by atoms with E-state index in [4.69, 9.17) is 0 Å². The van der Waals surface area contributed by atoms with Gasteiger partial charge in [-0.1, -0.05) is 30.3 Å². The number of nitrogens with one attached hydrogen (secondary N) is 1. The largest absolute Gasteiger partial charge is 0.394 e. The molecule has 18 heavy (non-hydrogen) atoms. The minimum atomic E-state index is -0.290. The number of amides is 1. The van der Waals surface area contributed by atoms with Gasteiger partial charge < -0.3 is 10.4 Å². The Morgan fingerprint density at radius 2 is 2.17 bits per heavy atom. The van der Waals surface area contributed by atoms with E-state index >= 15 is 0 Å². The van der Waals surface area contributed by atoms with Crippen molar-refractivity contribution in [2.45, 2.75) is 12.5 Å². The lowest BCUT2D eigenvalue weighted by Gasteiger charge is -2.15. The fourth-order valence-corrected chi connectivity index (χ4v) is 2.18. The maximum atomic E-state index is 11.8. The standard InChI is InChI=1S/C13H14N2O2S/c16-7-11(6-10-4-2-1-3-5-10)15-13(17)12-8-18-9-14-12/h1-5,8-9,11,16H,6-7H2,(H,15,17). The molecule has 0 fully saturated rings. The summed E-state index contributed by atoms with van der Waals surface area (Å²) < 4.78 is 0. The Balaban J connectivity index is 1.96. The number of carbonyl (C=O) groups excluding carboxylic acids is 1. The molecule has 1 aromatic carbocycles. The van der Waals surface area contributed by atoms with Gasteiger partial charge in [0.05, 0.1) is 18.2 Å². The quantitative estimate of drug-likeness (QED) is 0.858. The predicted octanol–water partition coefficient (Wildman–Crippen LogP) is 1.48. The lowest BCUT2D eigenvalue weighted by atomic mass is 10.1.